The van der Waals surface area contributed by atoms with E-state index in [1.807, 2.05) is 7.05 Å². The number of amides is 1. The van der Waals surface area contributed by atoms with Crippen LogP contribution in [0.5, 0.6) is 0 Å². The van der Waals surface area contributed by atoms with Gasteiger partial charge < -0.3 is 10.6 Å². The van der Waals surface area contributed by atoms with Crippen LogP contribution in [0.1, 0.15) is 10.4 Å². The third kappa shape index (κ3) is 2.92. The van der Waals surface area contributed by atoms with E-state index in [0.717, 1.165) is 11.3 Å². The topological polar surface area (TPSA) is 83.7 Å². The van der Waals surface area contributed by atoms with Gasteiger partial charge in [-0.1, -0.05) is 11.6 Å². The molecule has 1 fully saturated rings. The molecule has 0 spiro atoms. The first-order valence-corrected chi connectivity index (χ1v) is 8.23. The van der Waals surface area contributed by atoms with Crippen molar-refractivity contribution >= 4 is 38.9 Å². The van der Waals surface area contributed by atoms with Gasteiger partial charge in [-0.05, 0) is 13.1 Å². The fourth-order valence-electron chi connectivity index (χ4n) is 1.80. The molecule has 0 bridgehead atoms. The number of carbonyl (C=O) groups excluding carboxylic acids is 1. The predicted octanol–water partition coefficient (Wildman–Crippen LogP) is 0.437. The van der Waals surface area contributed by atoms with Crippen LogP contribution in [0.4, 0.5) is 0 Å². The van der Waals surface area contributed by atoms with Gasteiger partial charge in [-0.15, -0.1) is 11.3 Å². The summed E-state index contributed by atoms with van der Waals surface area (Å²) in [5.74, 6) is -0.721. The number of hydrogen-bond donors (Lipinski definition) is 1. The molecule has 1 saturated heterocycles. The van der Waals surface area contributed by atoms with Crippen LogP contribution in [0.3, 0.4) is 0 Å². The molecule has 2 heterocycles. The van der Waals surface area contributed by atoms with Gasteiger partial charge in [-0.25, -0.2) is 8.42 Å². The number of thiophene rings is 1. The average Bonchev–Trinajstić information content (AvgIpc) is 2.72. The molecule has 106 valence electrons. The van der Waals surface area contributed by atoms with E-state index in [4.69, 9.17) is 17.3 Å². The zero-order chi connectivity index (χ0) is 14.2. The summed E-state index contributed by atoms with van der Waals surface area (Å²) in [5, 5.41) is 0. The molecule has 1 amide bonds. The molecule has 0 atom stereocenters. The summed E-state index contributed by atoms with van der Waals surface area (Å²) in [7, 11) is -1.65. The lowest BCUT2D eigenvalue weighted by atomic mass is 10.3. The Bertz CT molecular complexity index is 591. The third-order valence-electron chi connectivity index (χ3n) is 2.99. The van der Waals surface area contributed by atoms with Crippen LogP contribution in [0.25, 0.3) is 0 Å². The Morgan fingerprint density at radius 2 is 1.95 bits per heavy atom. The number of piperazine rings is 1. The lowest BCUT2D eigenvalue weighted by Crippen LogP contribution is -2.46. The van der Waals surface area contributed by atoms with Crippen molar-refractivity contribution in [2.24, 2.45) is 5.73 Å². The van der Waals surface area contributed by atoms with Crippen LogP contribution in [-0.4, -0.2) is 56.8 Å². The number of hydrogen-bond acceptors (Lipinski definition) is 5. The molecule has 1 aromatic rings. The second-order valence-electron chi connectivity index (χ2n) is 4.32. The van der Waals surface area contributed by atoms with E-state index in [1.165, 1.54) is 10.4 Å². The van der Waals surface area contributed by atoms with E-state index in [2.05, 4.69) is 4.90 Å². The average molecular weight is 324 g/mol. The first-order chi connectivity index (χ1) is 8.82. The lowest BCUT2D eigenvalue weighted by molar-refractivity contribution is 0.100. The number of primary amides is 1. The van der Waals surface area contributed by atoms with Crippen LogP contribution in [0.15, 0.2) is 10.3 Å². The number of halogens is 1. The standard InChI is InChI=1S/C10H14ClN3O3S2/c1-13-2-4-14(5-3-13)19(16,17)8-6-7(10(12)15)9(11)18-8/h6H,2-5H2,1H3,(H2,12,15). The first kappa shape index (κ1) is 14.7. The van der Waals surface area contributed by atoms with Gasteiger partial charge in [0.15, 0.2) is 0 Å². The molecule has 9 heteroatoms. The van der Waals surface area contributed by atoms with Crippen LogP contribution in [0, 0.1) is 0 Å². The molecule has 1 aliphatic heterocycles. The first-order valence-electron chi connectivity index (χ1n) is 5.60. The van der Waals surface area contributed by atoms with Gasteiger partial charge in [-0.3, -0.25) is 4.79 Å². The third-order valence-corrected chi connectivity index (χ3v) is 6.69. The van der Waals surface area contributed by atoms with Gasteiger partial charge in [0.2, 0.25) is 0 Å². The van der Waals surface area contributed by atoms with Crippen molar-refractivity contribution in [2.75, 3.05) is 33.2 Å². The van der Waals surface area contributed by atoms with Crippen molar-refractivity contribution in [3.63, 3.8) is 0 Å². The van der Waals surface area contributed by atoms with Gasteiger partial charge in [0.25, 0.3) is 15.9 Å². The molecule has 0 unspecified atom stereocenters. The Labute approximate surface area is 120 Å². The number of rotatable bonds is 3. The van der Waals surface area contributed by atoms with Crippen LogP contribution in [-0.2, 0) is 10.0 Å². The van der Waals surface area contributed by atoms with E-state index >= 15 is 0 Å². The fourth-order valence-corrected chi connectivity index (χ4v) is 5.11. The predicted molar refractivity (Wildman–Crippen MR) is 74.1 cm³/mol. The highest BCUT2D eigenvalue weighted by atomic mass is 35.5. The number of nitrogens with zero attached hydrogens (tertiary/aromatic N) is 2. The Morgan fingerprint density at radius 3 is 2.42 bits per heavy atom. The second kappa shape index (κ2) is 5.37. The van der Waals surface area contributed by atoms with E-state index in [9.17, 15) is 13.2 Å². The maximum Gasteiger partial charge on any atom is 0.252 e. The SMILES string of the molecule is CN1CCN(S(=O)(=O)c2cc(C(N)=O)c(Cl)s2)CC1. The number of carbonyl (C=O) groups is 1. The zero-order valence-corrected chi connectivity index (χ0v) is 12.7. The molecule has 19 heavy (non-hydrogen) atoms. The van der Waals surface area contributed by atoms with E-state index < -0.39 is 15.9 Å². The summed E-state index contributed by atoms with van der Waals surface area (Å²) in [5.41, 5.74) is 5.19. The summed E-state index contributed by atoms with van der Waals surface area (Å²) >= 11 is 6.70. The summed E-state index contributed by atoms with van der Waals surface area (Å²) in [6, 6.07) is 1.25. The minimum Gasteiger partial charge on any atom is -0.366 e. The maximum absolute atomic E-state index is 12.4. The van der Waals surface area contributed by atoms with Gasteiger partial charge in [0.05, 0.1) is 5.56 Å². The Morgan fingerprint density at radius 1 is 1.37 bits per heavy atom. The second-order valence-corrected chi connectivity index (χ2v) is 8.14. The molecule has 0 radical (unpaired) electrons. The quantitative estimate of drug-likeness (QED) is 0.874. The Hall–Kier alpha value is -0.670. The smallest absolute Gasteiger partial charge is 0.252 e. The minimum atomic E-state index is -3.59. The molecule has 2 rings (SSSR count). The minimum absolute atomic E-state index is 0.0550. The van der Waals surface area contributed by atoms with Gasteiger partial charge >= 0.3 is 0 Å². The number of sulfonamides is 1. The van der Waals surface area contributed by atoms with E-state index in [0.29, 0.717) is 26.2 Å². The Kier molecular flexibility index (Phi) is 4.17. The monoisotopic (exact) mass is 323 g/mol. The van der Waals surface area contributed by atoms with Crippen LogP contribution < -0.4 is 5.73 Å². The molecular formula is C10H14ClN3O3S2. The zero-order valence-electron chi connectivity index (χ0n) is 10.3. The fraction of sp³-hybridized carbons (Fsp3) is 0.500. The highest BCUT2D eigenvalue weighted by molar-refractivity contribution is 7.91. The molecule has 6 nitrogen and oxygen atoms in total. The number of likely N-dealkylation sites (N-methyl/N-ethyl adjacent to an activating group) is 1. The summed E-state index contributed by atoms with van der Waals surface area (Å²) in [4.78, 5) is 13.2. The van der Waals surface area contributed by atoms with Crippen LogP contribution in [0.2, 0.25) is 4.34 Å². The van der Waals surface area contributed by atoms with Crippen molar-refractivity contribution in [1.29, 1.82) is 0 Å². The lowest BCUT2D eigenvalue weighted by Gasteiger charge is -2.31. The largest absolute Gasteiger partial charge is 0.366 e. The van der Waals surface area contributed by atoms with Crippen molar-refractivity contribution in [3.8, 4) is 0 Å². The van der Waals surface area contributed by atoms with Gasteiger partial charge in [0, 0.05) is 26.2 Å². The molecule has 0 aromatic carbocycles. The summed E-state index contributed by atoms with van der Waals surface area (Å²) in [6.45, 7) is 2.22. The molecule has 0 aliphatic carbocycles. The van der Waals surface area contributed by atoms with Crippen molar-refractivity contribution in [3.05, 3.63) is 16.0 Å². The molecular weight excluding hydrogens is 310 g/mol. The number of nitrogens with two attached hydrogens (primary N) is 1. The Balaban J connectivity index is 2.29. The summed E-state index contributed by atoms with van der Waals surface area (Å²) in [6.07, 6.45) is 0. The van der Waals surface area contributed by atoms with Gasteiger partial charge in [0.1, 0.15) is 8.55 Å². The van der Waals surface area contributed by atoms with Crippen molar-refractivity contribution in [1.82, 2.24) is 9.21 Å². The van der Waals surface area contributed by atoms with Gasteiger partial charge in [-0.2, -0.15) is 4.31 Å². The molecule has 1 aromatic heterocycles. The van der Waals surface area contributed by atoms with Crippen molar-refractivity contribution < 1.29 is 13.2 Å². The molecule has 0 saturated carbocycles. The van der Waals surface area contributed by atoms with E-state index in [-0.39, 0.29) is 14.1 Å². The maximum atomic E-state index is 12.4. The van der Waals surface area contributed by atoms with Crippen molar-refractivity contribution in [2.45, 2.75) is 4.21 Å². The highest BCUT2D eigenvalue weighted by Gasteiger charge is 2.30. The molecule has 1 aliphatic rings. The van der Waals surface area contributed by atoms with Crippen LogP contribution >= 0.6 is 22.9 Å². The molecule has 2 N–H and O–H groups in total. The highest BCUT2D eigenvalue weighted by Crippen LogP contribution is 2.32. The summed E-state index contributed by atoms with van der Waals surface area (Å²) < 4.78 is 26.4. The van der Waals surface area contributed by atoms with E-state index in [1.54, 1.807) is 0 Å². The normalized spacial score (nSPS) is 18.6.